The molecular formula is C22H20FNO3. The standard InChI is InChI=1S/C22H20FNO3/c1-14-11-17(23)6-9-20(14)24-22(25)21-10-8-19(27-21)13-26-18-7-5-15-3-2-4-16(15)12-18/h5-12H,2-4,13H2,1H3,(H,24,25). The number of rotatable bonds is 5. The van der Waals surface area contributed by atoms with Gasteiger partial charge in [-0.15, -0.1) is 0 Å². The molecule has 1 aliphatic rings. The lowest BCUT2D eigenvalue weighted by atomic mass is 10.1. The van der Waals surface area contributed by atoms with Crippen LogP contribution in [0.4, 0.5) is 10.1 Å². The van der Waals surface area contributed by atoms with E-state index in [-0.39, 0.29) is 24.1 Å². The molecule has 0 radical (unpaired) electrons. The number of fused-ring (bicyclic) bond motifs is 1. The summed E-state index contributed by atoms with van der Waals surface area (Å²) in [5.74, 6) is 0.839. The summed E-state index contributed by atoms with van der Waals surface area (Å²) < 4.78 is 24.5. The van der Waals surface area contributed by atoms with Gasteiger partial charge in [-0.05, 0) is 85.3 Å². The number of benzene rings is 2. The number of furan rings is 1. The summed E-state index contributed by atoms with van der Waals surface area (Å²) >= 11 is 0. The van der Waals surface area contributed by atoms with Gasteiger partial charge in [0.1, 0.15) is 23.9 Å². The molecule has 1 N–H and O–H groups in total. The smallest absolute Gasteiger partial charge is 0.291 e. The molecule has 27 heavy (non-hydrogen) atoms. The second-order valence-corrected chi connectivity index (χ2v) is 6.75. The molecule has 0 saturated heterocycles. The minimum atomic E-state index is -0.381. The SMILES string of the molecule is Cc1cc(F)ccc1NC(=O)c1ccc(COc2ccc3c(c2)CCC3)o1. The van der Waals surface area contributed by atoms with Gasteiger partial charge in [0, 0.05) is 5.69 Å². The first kappa shape index (κ1) is 17.3. The Morgan fingerprint density at radius 1 is 1.11 bits per heavy atom. The van der Waals surface area contributed by atoms with Crippen molar-refractivity contribution in [2.24, 2.45) is 0 Å². The number of ether oxygens (including phenoxy) is 1. The second kappa shape index (κ2) is 7.27. The third-order valence-electron chi connectivity index (χ3n) is 4.77. The molecule has 0 saturated carbocycles. The Balaban J connectivity index is 1.38. The lowest BCUT2D eigenvalue weighted by molar-refractivity contribution is 0.0992. The molecule has 138 valence electrons. The van der Waals surface area contributed by atoms with E-state index in [1.807, 2.05) is 6.07 Å². The van der Waals surface area contributed by atoms with Gasteiger partial charge in [-0.3, -0.25) is 4.79 Å². The number of carbonyl (C=O) groups is 1. The first-order valence-electron chi connectivity index (χ1n) is 8.99. The molecule has 1 aromatic heterocycles. The molecule has 0 aliphatic heterocycles. The van der Waals surface area contributed by atoms with E-state index in [2.05, 4.69) is 17.4 Å². The van der Waals surface area contributed by atoms with Crippen LogP contribution in [0.2, 0.25) is 0 Å². The second-order valence-electron chi connectivity index (χ2n) is 6.75. The van der Waals surface area contributed by atoms with Crippen LogP contribution in [-0.4, -0.2) is 5.91 Å². The van der Waals surface area contributed by atoms with E-state index in [1.165, 1.54) is 35.7 Å². The summed E-state index contributed by atoms with van der Waals surface area (Å²) in [6.45, 7) is 1.98. The molecule has 0 fully saturated rings. The van der Waals surface area contributed by atoms with E-state index >= 15 is 0 Å². The summed E-state index contributed by atoms with van der Waals surface area (Å²) in [6.07, 6.45) is 3.43. The molecule has 5 heteroatoms. The fourth-order valence-corrected chi connectivity index (χ4v) is 3.32. The van der Waals surface area contributed by atoms with Crippen molar-refractivity contribution in [2.75, 3.05) is 5.32 Å². The predicted molar refractivity (Wildman–Crippen MR) is 101 cm³/mol. The average Bonchev–Trinajstić information content (AvgIpc) is 3.31. The van der Waals surface area contributed by atoms with Crippen molar-refractivity contribution in [1.29, 1.82) is 0 Å². The number of aryl methyl sites for hydroxylation is 3. The molecule has 4 nitrogen and oxygen atoms in total. The van der Waals surface area contributed by atoms with Crippen molar-refractivity contribution in [3.63, 3.8) is 0 Å². The Morgan fingerprint density at radius 2 is 1.96 bits per heavy atom. The number of hydrogen-bond donors (Lipinski definition) is 1. The summed E-state index contributed by atoms with van der Waals surface area (Å²) in [7, 11) is 0. The highest BCUT2D eigenvalue weighted by atomic mass is 19.1. The van der Waals surface area contributed by atoms with Crippen LogP contribution in [-0.2, 0) is 19.4 Å². The highest BCUT2D eigenvalue weighted by Gasteiger charge is 2.14. The molecular weight excluding hydrogens is 345 g/mol. The zero-order valence-electron chi connectivity index (χ0n) is 15.0. The van der Waals surface area contributed by atoms with Crippen molar-refractivity contribution in [3.05, 3.63) is 82.6 Å². The van der Waals surface area contributed by atoms with Gasteiger partial charge in [0.2, 0.25) is 0 Å². The predicted octanol–water partition coefficient (Wildman–Crippen LogP) is 5.05. The number of hydrogen-bond acceptors (Lipinski definition) is 3. The zero-order valence-corrected chi connectivity index (χ0v) is 15.0. The Bertz CT molecular complexity index is 993. The van der Waals surface area contributed by atoms with Crippen LogP contribution < -0.4 is 10.1 Å². The quantitative estimate of drug-likeness (QED) is 0.689. The molecule has 0 bridgehead atoms. The number of amides is 1. The molecule has 2 aromatic carbocycles. The molecule has 1 amide bonds. The monoisotopic (exact) mass is 365 g/mol. The summed E-state index contributed by atoms with van der Waals surface area (Å²) in [4.78, 5) is 12.3. The Morgan fingerprint density at radius 3 is 2.81 bits per heavy atom. The minimum Gasteiger partial charge on any atom is -0.486 e. The van der Waals surface area contributed by atoms with Crippen LogP contribution in [0.25, 0.3) is 0 Å². The number of anilines is 1. The van der Waals surface area contributed by atoms with Crippen LogP contribution in [0.5, 0.6) is 5.75 Å². The van der Waals surface area contributed by atoms with Gasteiger partial charge in [-0.1, -0.05) is 6.07 Å². The highest BCUT2D eigenvalue weighted by Crippen LogP contribution is 2.26. The topological polar surface area (TPSA) is 51.5 Å². The zero-order chi connectivity index (χ0) is 18.8. The van der Waals surface area contributed by atoms with Crippen molar-refractivity contribution in [1.82, 2.24) is 0 Å². The average molecular weight is 365 g/mol. The lowest BCUT2D eigenvalue weighted by Crippen LogP contribution is -2.12. The maximum atomic E-state index is 13.2. The van der Waals surface area contributed by atoms with Crippen LogP contribution in [0, 0.1) is 12.7 Å². The lowest BCUT2D eigenvalue weighted by Gasteiger charge is -2.07. The van der Waals surface area contributed by atoms with E-state index in [0.717, 1.165) is 18.6 Å². The Labute approximate surface area is 157 Å². The van der Waals surface area contributed by atoms with E-state index < -0.39 is 0 Å². The van der Waals surface area contributed by atoms with Gasteiger partial charge < -0.3 is 14.5 Å². The largest absolute Gasteiger partial charge is 0.486 e. The van der Waals surface area contributed by atoms with E-state index in [1.54, 1.807) is 19.1 Å². The van der Waals surface area contributed by atoms with Gasteiger partial charge in [0.25, 0.3) is 5.91 Å². The summed E-state index contributed by atoms with van der Waals surface area (Å²) in [5, 5.41) is 2.73. The van der Waals surface area contributed by atoms with Crippen molar-refractivity contribution in [2.45, 2.75) is 32.8 Å². The normalized spacial score (nSPS) is 12.7. The number of nitrogens with one attached hydrogen (secondary N) is 1. The number of carbonyl (C=O) groups excluding carboxylic acids is 1. The van der Waals surface area contributed by atoms with Gasteiger partial charge >= 0.3 is 0 Å². The maximum Gasteiger partial charge on any atom is 0.291 e. The molecule has 0 spiro atoms. The van der Waals surface area contributed by atoms with Gasteiger partial charge in [-0.25, -0.2) is 4.39 Å². The molecule has 1 heterocycles. The molecule has 0 unspecified atom stereocenters. The van der Waals surface area contributed by atoms with Crippen LogP contribution >= 0.6 is 0 Å². The first-order valence-corrected chi connectivity index (χ1v) is 8.99. The van der Waals surface area contributed by atoms with Crippen LogP contribution in [0.15, 0.2) is 52.9 Å². The fourth-order valence-electron chi connectivity index (χ4n) is 3.32. The third-order valence-corrected chi connectivity index (χ3v) is 4.77. The molecule has 1 aliphatic carbocycles. The van der Waals surface area contributed by atoms with Crippen molar-refractivity contribution >= 4 is 11.6 Å². The molecule has 0 atom stereocenters. The maximum absolute atomic E-state index is 13.2. The fraction of sp³-hybridized carbons (Fsp3) is 0.227. The van der Waals surface area contributed by atoms with E-state index in [0.29, 0.717) is 17.0 Å². The van der Waals surface area contributed by atoms with Crippen LogP contribution in [0.3, 0.4) is 0 Å². The third kappa shape index (κ3) is 3.87. The van der Waals surface area contributed by atoms with Crippen molar-refractivity contribution in [3.8, 4) is 5.75 Å². The van der Waals surface area contributed by atoms with Gasteiger partial charge in [0.05, 0.1) is 0 Å². The molecule has 3 aromatic rings. The summed E-state index contributed by atoms with van der Waals surface area (Å²) in [6, 6.07) is 13.7. The van der Waals surface area contributed by atoms with E-state index in [4.69, 9.17) is 9.15 Å². The van der Waals surface area contributed by atoms with Gasteiger partial charge in [0.15, 0.2) is 5.76 Å². The highest BCUT2D eigenvalue weighted by molar-refractivity contribution is 6.02. The molecule has 4 rings (SSSR count). The minimum absolute atomic E-state index is 0.186. The first-order chi connectivity index (χ1) is 13.1. The van der Waals surface area contributed by atoms with Gasteiger partial charge in [-0.2, -0.15) is 0 Å². The Hall–Kier alpha value is -3.08. The summed E-state index contributed by atoms with van der Waals surface area (Å²) in [5.41, 5.74) is 3.95. The van der Waals surface area contributed by atoms with E-state index in [9.17, 15) is 9.18 Å². The van der Waals surface area contributed by atoms with Crippen LogP contribution in [0.1, 0.15) is 39.4 Å². The van der Waals surface area contributed by atoms with Crippen molar-refractivity contribution < 1.29 is 18.3 Å². The number of halogens is 1. The Kier molecular flexibility index (Phi) is 4.67.